The number of nitrogens with one attached hydrogen (secondary N) is 1. The van der Waals surface area contributed by atoms with Gasteiger partial charge in [0.25, 0.3) is 5.91 Å². The highest BCUT2D eigenvalue weighted by Crippen LogP contribution is 2.50. The van der Waals surface area contributed by atoms with Gasteiger partial charge in [-0.1, -0.05) is 12.1 Å². The fraction of sp³-hybridized carbons (Fsp3) is 0.367. The standard InChI is InChI=1S/C30H28F6N6O4/c1-16(30(34,35)36)41(12-17-4-6-19(31)7-5-17)26(44)15-42-27(45)29(38-28(42)46)10-24(33)21-8-20(23(32)9-22(21)29)18-11-37-40(13-18)14-25(43)39(2)3/h4-9,11,13,16,24H,10,12,14-15H2,1-3H3,(H,38,46)/t16-,24-,29+/m0/s1. The van der Waals surface area contributed by atoms with Crippen LogP contribution >= 0.6 is 0 Å². The number of halogens is 6. The van der Waals surface area contributed by atoms with E-state index in [2.05, 4.69) is 10.4 Å². The molecule has 1 saturated heterocycles. The van der Waals surface area contributed by atoms with Crippen molar-refractivity contribution in [2.75, 3.05) is 20.6 Å². The van der Waals surface area contributed by atoms with Crippen LogP contribution in [-0.4, -0.2) is 81.1 Å². The molecule has 2 aromatic carbocycles. The second kappa shape index (κ2) is 11.8. The first-order chi connectivity index (χ1) is 21.5. The summed E-state index contributed by atoms with van der Waals surface area (Å²) in [5, 5.41) is 6.37. The SMILES string of the molecule is C[C@H](N(Cc1ccc(F)cc1)C(=O)CN1C(=O)N[C@@]2(C[C@H](F)c3cc(-c4cnn(CC(=O)N(C)C)c4)c(F)cc32)C1=O)C(F)(F)F. The molecule has 1 aromatic heterocycles. The Hall–Kier alpha value is -4.89. The van der Waals surface area contributed by atoms with E-state index in [-0.39, 0.29) is 40.3 Å². The molecule has 1 aliphatic carbocycles. The van der Waals surface area contributed by atoms with Crippen molar-refractivity contribution in [2.24, 2.45) is 0 Å². The summed E-state index contributed by atoms with van der Waals surface area (Å²) < 4.78 is 86.7. The van der Waals surface area contributed by atoms with Gasteiger partial charge in [0.2, 0.25) is 11.8 Å². The van der Waals surface area contributed by atoms with E-state index >= 15 is 8.78 Å². The molecule has 1 N–H and O–H groups in total. The van der Waals surface area contributed by atoms with E-state index in [1.54, 1.807) is 14.1 Å². The Morgan fingerprint density at radius 3 is 2.39 bits per heavy atom. The Morgan fingerprint density at radius 1 is 1.09 bits per heavy atom. The summed E-state index contributed by atoms with van der Waals surface area (Å²) in [6.07, 6.45) is -4.72. The maximum Gasteiger partial charge on any atom is 0.408 e. The normalized spacial score (nSPS) is 19.8. The number of rotatable bonds is 8. The highest BCUT2D eigenvalue weighted by molar-refractivity contribution is 6.10. The van der Waals surface area contributed by atoms with Gasteiger partial charge in [-0.2, -0.15) is 18.3 Å². The summed E-state index contributed by atoms with van der Waals surface area (Å²) in [6.45, 7) is -1.14. The summed E-state index contributed by atoms with van der Waals surface area (Å²) in [5.41, 5.74) is -2.12. The molecule has 2 heterocycles. The van der Waals surface area contributed by atoms with Crippen LogP contribution in [0.3, 0.4) is 0 Å². The van der Waals surface area contributed by atoms with E-state index in [4.69, 9.17) is 0 Å². The third-order valence-electron chi connectivity index (χ3n) is 8.16. The fourth-order valence-electron chi connectivity index (χ4n) is 5.52. The predicted octanol–water partition coefficient (Wildman–Crippen LogP) is 4.06. The molecular formula is C30H28F6N6O4. The number of hydrogen-bond donors (Lipinski definition) is 1. The molecule has 244 valence electrons. The van der Waals surface area contributed by atoms with Crippen molar-refractivity contribution in [1.29, 1.82) is 0 Å². The number of fused-ring (bicyclic) bond motifs is 2. The van der Waals surface area contributed by atoms with Gasteiger partial charge in [0, 0.05) is 44.4 Å². The number of aromatic nitrogens is 2. The molecule has 10 nitrogen and oxygen atoms in total. The first kappa shape index (κ1) is 32.5. The summed E-state index contributed by atoms with van der Waals surface area (Å²) in [5.74, 6) is -4.20. The molecule has 5 amide bonds. The van der Waals surface area contributed by atoms with Gasteiger partial charge in [0.15, 0.2) is 0 Å². The number of hydrogen-bond acceptors (Lipinski definition) is 5. The van der Waals surface area contributed by atoms with Crippen LogP contribution in [0, 0.1) is 11.6 Å². The van der Waals surface area contributed by atoms with Crippen molar-refractivity contribution >= 4 is 23.8 Å². The predicted molar refractivity (Wildman–Crippen MR) is 149 cm³/mol. The largest absolute Gasteiger partial charge is 0.408 e. The second-order valence-corrected chi connectivity index (χ2v) is 11.4. The van der Waals surface area contributed by atoms with Gasteiger partial charge in [-0.25, -0.2) is 18.0 Å². The molecule has 16 heteroatoms. The number of alkyl halides is 4. The topological polar surface area (TPSA) is 108 Å². The van der Waals surface area contributed by atoms with Crippen LogP contribution in [0.2, 0.25) is 0 Å². The lowest BCUT2D eigenvalue weighted by molar-refractivity contribution is -0.187. The maximum atomic E-state index is 15.5. The van der Waals surface area contributed by atoms with E-state index in [0.29, 0.717) is 9.80 Å². The molecule has 0 bridgehead atoms. The molecule has 2 aliphatic rings. The van der Waals surface area contributed by atoms with Gasteiger partial charge < -0.3 is 15.1 Å². The molecule has 0 saturated carbocycles. The van der Waals surface area contributed by atoms with Crippen molar-refractivity contribution < 1.29 is 45.5 Å². The van der Waals surface area contributed by atoms with Gasteiger partial charge in [-0.3, -0.25) is 24.0 Å². The minimum Gasteiger partial charge on any atom is -0.347 e. The van der Waals surface area contributed by atoms with E-state index in [1.165, 1.54) is 40.2 Å². The minimum atomic E-state index is -4.88. The van der Waals surface area contributed by atoms with Crippen LogP contribution in [-0.2, 0) is 33.0 Å². The number of carbonyl (C=O) groups is 4. The number of urea groups is 1. The van der Waals surface area contributed by atoms with Crippen LogP contribution in [0.5, 0.6) is 0 Å². The average Bonchev–Trinajstić information content (AvgIpc) is 3.62. The molecular weight excluding hydrogens is 622 g/mol. The van der Waals surface area contributed by atoms with Gasteiger partial charge in [0.05, 0.1) is 6.20 Å². The lowest BCUT2D eigenvalue weighted by Gasteiger charge is -2.32. The molecule has 0 radical (unpaired) electrons. The van der Waals surface area contributed by atoms with Gasteiger partial charge >= 0.3 is 12.2 Å². The van der Waals surface area contributed by atoms with E-state index in [0.717, 1.165) is 25.1 Å². The monoisotopic (exact) mass is 650 g/mol. The lowest BCUT2D eigenvalue weighted by Crippen LogP contribution is -2.51. The van der Waals surface area contributed by atoms with Gasteiger partial charge in [-0.05, 0) is 47.9 Å². The van der Waals surface area contributed by atoms with Crippen LogP contribution in [0.1, 0.15) is 36.2 Å². The quantitative estimate of drug-likeness (QED) is 0.293. The van der Waals surface area contributed by atoms with Gasteiger partial charge in [-0.15, -0.1) is 0 Å². The van der Waals surface area contributed by atoms with Crippen LogP contribution in [0.4, 0.5) is 31.1 Å². The Labute approximate surface area is 258 Å². The zero-order valence-corrected chi connectivity index (χ0v) is 24.7. The summed E-state index contributed by atoms with van der Waals surface area (Å²) in [6, 6.07) is 2.93. The first-order valence-electron chi connectivity index (χ1n) is 14.0. The van der Waals surface area contributed by atoms with Crippen molar-refractivity contribution in [3.8, 4) is 11.1 Å². The number of imide groups is 1. The number of nitrogens with zero attached hydrogens (tertiary/aromatic N) is 5. The number of benzene rings is 2. The Kier molecular flexibility index (Phi) is 8.34. The third-order valence-corrected chi connectivity index (χ3v) is 8.16. The number of amides is 5. The number of carbonyl (C=O) groups excluding carboxylic acids is 4. The highest BCUT2D eigenvalue weighted by atomic mass is 19.4. The van der Waals surface area contributed by atoms with Gasteiger partial charge in [0.1, 0.15) is 42.5 Å². The van der Waals surface area contributed by atoms with E-state index in [1.807, 2.05) is 0 Å². The summed E-state index contributed by atoms with van der Waals surface area (Å²) >= 11 is 0. The molecule has 5 rings (SSSR count). The van der Waals surface area contributed by atoms with Crippen molar-refractivity contribution in [3.05, 3.63) is 77.1 Å². The zero-order chi connectivity index (χ0) is 33.7. The zero-order valence-electron chi connectivity index (χ0n) is 24.7. The molecule has 1 aliphatic heterocycles. The Morgan fingerprint density at radius 2 is 1.76 bits per heavy atom. The van der Waals surface area contributed by atoms with Crippen LogP contribution < -0.4 is 5.32 Å². The molecule has 1 fully saturated rings. The fourth-order valence-corrected chi connectivity index (χ4v) is 5.52. The number of likely N-dealkylation sites (N-methyl/N-ethyl adjacent to an activating group) is 1. The van der Waals surface area contributed by atoms with Crippen LogP contribution in [0.25, 0.3) is 11.1 Å². The Bertz CT molecular complexity index is 1710. The van der Waals surface area contributed by atoms with E-state index < -0.39 is 72.9 Å². The molecule has 46 heavy (non-hydrogen) atoms. The molecule has 0 unspecified atom stereocenters. The summed E-state index contributed by atoms with van der Waals surface area (Å²) in [7, 11) is 3.11. The van der Waals surface area contributed by atoms with Crippen LogP contribution in [0.15, 0.2) is 48.8 Å². The smallest absolute Gasteiger partial charge is 0.347 e. The minimum absolute atomic E-state index is 0.0802. The van der Waals surface area contributed by atoms with Crippen molar-refractivity contribution in [2.45, 2.75) is 50.4 Å². The first-order valence-corrected chi connectivity index (χ1v) is 14.0. The second-order valence-electron chi connectivity index (χ2n) is 11.4. The molecule has 1 spiro atoms. The third kappa shape index (κ3) is 5.90. The lowest BCUT2D eigenvalue weighted by atomic mass is 9.90. The van der Waals surface area contributed by atoms with Crippen molar-refractivity contribution in [3.63, 3.8) is 0 Å². The Balaban J connectivity index is 1.41. The summed E-state index contributed by atoms with van der Waals surface area (Å²) in [4.78, 5) is 54.0. The van der Waals surface area contributed by atoms with Crippen molar-refractivity contribution in [1.82, 2.24) is 29.8 Å². The van der Waals surface area contributed by atoms with E-state index in [9.17, 15) is 36.7 Å². The molecule has 3 aromatic rings. The maximum absolute atomic E-state index is 15.5. The molecule has 3 atom stereocenters. The highest BCUT2D eigenvalue weighted by Gasteiger charge is 2.59. The average molecular weight is 651 g/mol.